The quantitative estimate of drug-likeness (QED) is 0.283. The summed E-state index contributed by atoms with van der Waals surface area (Å²) < 4.78 is 85.2. The Morgan fingerprint density at radius 2 is 1.73 bits per heavy atom. The van der Waals surface area contributed by atoms with Crippen LogP contribution in [0, 0.1) is 0 Å². The van der Waals surface area contributed by atoms with Crippen molar-refractivity contribution >= 4 is 50.2 Å². The summed E-state index contributed by atoms with van der Waals surface area (Å²) in [7, 11) is 3.09. The number of amides is 2. The van der Waals surface area contributed by atoms with Crippen LogP contribution in [0.2, 0.25) is 0 Å². The number of anilines is 1. The van der Waals surface area contributed by atoms with E-state index in [9.17, 15) is 35.9 Å². The molecule has 0 spiro atoms. The van der Waals surface area contributed by atoms with E-state index in [-0.39, 0.29) is 18.0 Å². The van der Waals surface area contributed by atoms with Crippen molar-refractivity contribution in [1.82, 2.24) is 10.6 Å². The number of hydrogen-bond donors (Lipinski definition) is 3. The smallest absolute Gasteiger partial charge is 0.490 e. The molecule has 2 amide bonds. The van der Waals surface area contributed by atoms with E-state index in [1.165, 1.54) is 18.1 Å². The summed E-state index contributed by atoms with van der Waals surface area (Å²) in [5.41, 5.74) is -0.380. The summed E-state index contributed by atoms with van der Waals surface area (Å²) in [5.74, 6) is -3.25. The van der Waals surface area contributed by atoms with Crippen LogP contribution in [0.1, 0.15) is 25.0 Å². The van der Waals surface area contributed by atoms with Gasteiger partial charge in [0.2, 0.25) is 5.91 Å². The fourth-order valence-corrected chi connectivity index (χ4v) is 4.75. The first-order valence-electron chi connectivity index (χ1n) is 13.1. The lowest BCUT2D eigenvalue weighted by molar-refractivity contribution is -0.192. The van der Waals surface area contributed by atoms with Gasteiger partial charge in [-0.1, -0.05) is 28.1 Å². The van der Waals surface area contributed by atoms with Gasteiger partial charge in [0.15, 0.2) is 0 Å². The van der Waals surface area contributed by atoms with Crippen LogP contribution in [0.15, 0.2) is 53.0 Å². The van der Waals surface area contributed by atoms with Crippen LogP contribution in [0.25, 0.3) is 10.8 Å². The van der Waals surface area contributed by atoms with Crippen molar-refractivity contribution in [3.63, 3.8) is 0 Å². The number of methoxy groups -OCH3 is 1. The van der Waals surface area contributed by atoms with Gasteiger partial charge in [-0.2, -0.15) is 26.3 Å². The van der Waals surface area contributed by atoms with Crippen molar-refractivity contribution in [2.24, 2.45) is 0 Å². The molecule has 0 aliphatic carbocycles. The minimum atomic E-state index is -5.08. The normalized spacial score (nSPS) is 17.3. The Morgan fingerprint density at radius 1 is 1.09 bits per heavy atom. The Morgan fingerprint density at radius 3 is 2.29 bits per heavy atom. The Bertz CT molecular complexity index is 1580. The Hall–Kier alpha value is -4.05. The highest BCUT2D eigenvalue weighted by Crippen LogP contribution is 2.41. The summed E-state index contributed by atoms with van der Waals surface area (Å²) in [6.07, 6.45) is -10.6. The van der Waals surface area contributed by atoms with E-state index in [2.05, 4.69) is 26.6 Å². The van der Waals surface area contributed by atoms with Crippen LogP contribution in [-0.4, -0.2) is 61.4 Å². The number of nitrogens with one attached hydrogen (secondary N) is 2. The lowest BCUT2D eigenvalue weighted by atomic mass is 10.0. The second-order valence-corrected chi connectivity index (χ2v) is 10.8. The van der Waals surface area contributed by atoms with E-state index in [4.69, 9.17) is 19.4 Å². The van der Waals surface area contributed by atoms with Crippen molar-refractivity contribution in [2.75, 3.05) is 19.1 Å². The van der Waals surface area contributed by atoms with Crippen LogP contribution in [0.3, 0.4) is 0 Å². The highest BCUT2D eigenvalue weighted by atomic mass is 79.9. The molecule has 9 nitrogen and oxygen atoms in total. The van der Waals surface area contributed by atoms with Crippen LogP contribution < -0.4 is 25.0 Å². The molecule has 45 heavy (non-hydrogen) atoms. The maximum absolute atomic E-state index is 14.0. The fraction of sp³-hybridized carbons (Fsp3) is 0.345. The van der Waals surface area contributed by atoms with E-state index in [1.807, 2.05) is 24.3 Å². The minimum Gasteiger partial charge on any atom is -0.496 e. The highest BCUT2D eigenvalue weighted by Gasteiger charge is 2.40. The molecule has 4 rings (SSSR count). The zero-order valence-electron chi connectivity index (χ0n) is 24.1. The molecule has 0 radical (unpaired) electrons. The maximum Gasteiger partial charge on any atom is 0.490 e. The van der Waals surface area contributed by atoms with Crippen molar-refractivity contribution < 1.29 is 55.3 Å². The van der Waals surface area contributed by atoms with Gasteiger partial charge in [-0.25, -0.2) is 4.79 Å². The zero-order valence-corrected chi connectivity index (χ0v) is 25.7. The zero-order chi connectivity index (χ0) is 33.9. The average Bonchev–Trinajstić information content (AvgIpc) is 3.05. The molecule has 0 aromatic heterocycles. The van der Waals surface area contributed by atoms with Crippen molar-refractivity contribution in [3.8, 4) is 11.5 Å². The van der Waals surface area contributed by atoms with Gasteiger partial charge in [0.1, 0.15) is 23.6 Å². The predicted molar refractivity (Wildman–Crippen MR) is 155 cm³/mol. The lowest BCUT2D eigenvalue weighted by Gasteiger charge is -2.28. The van der Waals surface area contributed by atoms with E-state index in [1.54, 1.807) is 27.0 Å². The van der Waals surface area contributed by atoms with Gasteiger partial charge in [-0.15, -0.1) is 0 Å². The van der Waals surface area contributed by atoms with E-state index in [0.717, 1.165) is 27.4 Å². The Kier molecular flexibility index (Phi) is 11.0. The first kappa shape index (κ1) is 35.4. The lowest BCUT2D eigenvalue weighted by Crippen LogP contribution is -2.56. The highest BCUT2D eigenvalue weighted by molar-refractivity contribution is 9.10. The second-order valence-electron chi connectivity index (χ2n) is 9.84. The van der Waals surface area contributed by atoms with Gasteiger partial charge in [-0.05, 0) is 68.1 Å². The minimum absolute atomic E-state index is 0.0498. The van der Waals surface area contributed by atoms with Gasteiger partial charge in [0.05, 0.1) is 30.9 Å². The molecular formula is C29H28BrF6N3O6. The number of nitrogens with zero attached hydrogens (tertiary/aromatic N) is 1. The molecule has 1 aliphatic heterocycles. The molecule has 0 saturated heterocycles. The van der Waals surface area contributed by atoms with Crippen LogP contribution >= 0.6 is 15.9 Å². The average molecular weight is 708 g/mol. The number of fused-ring (bicyclic) bond motifs is 2. The molecule has 3 N–H and O–H groups in total. The van der Waals surface area contributed by atoms with E-state index in [0.29, 0.717) is 11.3 Å². The summed E-state index contributed by atoms with van der Waals surface area (Å²) >= 11 is 3.45. The number of carbonyl (C=O) groups is 3. The number of halogens is 7. The molecule has 0 saturated carbocycles. The molecule has 1 aliphatic rings. The number of carbonyl (C=O) groups excluding carboxylic acids is 2. The number of likely N-dealkylation sites (N-methyl/N-ethyl adjacent to an activating group) is 1. The fourth-order valence-electron chi connectivity index (χ4n) is 4.37. The molecule has 244 valence electrons. The predicted octanol–water partition coefficient (Wildman–Crippen LogP) is 5.67. The van der Waals surface area contributed by atoms with Gasteiger partial charge in [-0.3, -0.25) is 9.59 Å². The molecule has 16 heteroatoms. The third-order valence-electron chi connectivity index (χ3n) is 6.84. The summed E-state index contributed by atoms with van der Waals surface area (Å²) in [6, 6.07) is 10.4. The van der Waals surface area contributed by atoms with E-state index < -0.39 is 53.9 Å². The third-order valence-corrected chi connectivity index (χ3v) is 7.34. The van der Waals surface area contributed by atoms with Gasteiger partial charge >= 0.3 is 18.3 Å². The maximum atomic E-state index is 14.0. The number of rotatable bonds is 6. The Labute approximate surface area is 261 Å². The van der Waals surface area contributed by atoms with E-state index >= 15 is 0 Å². The number of benzene rings is 3. The first-order valence-corrected chi connectivity index (χ1v) is 13.9. The molecule has 3 aromatic rings. The van der Waals surface area contributed by atoms with Crippen LogP contribution in [0.4, 0.5) is 32.0 Å². The topological polar surface area (TPSA) is 117 Å². The van der Waals surface area contributed by atoms with Gasteiger partial charge in [0, 0.05) is 10.0 Å². The number of carboxylic acid groups (broad SMARTS) is 1. The molecule has 0 fully saturated rings. The van der Waals surface area contributed by atoms with Gasteiger partial charge in [0.25, 0.3) is 5.91 Å². The number of aliphatic carboxylic acids is 1. The van der Waals surface area contributed by atoms with Gasteiger partial charge < -0.3 is 30.1 Å². The standard InChI is InChI=1S/C27H27BrF3N3O4.C2HF3O2/c1-14(32-3)25(35)33-24-15(2)38-23-10-6-17(27(29,30)31)12-21(23)34(26(24)36)13-20-19-8-7-18(28)11-16(19)5-9-22(20)37-4;3-2(4,5)1(6)7/h5-12,14-15,24,32H,13H2,1-4H3,(H,33,35);(H,6,7)/t14-,15-,24-;/m0./s1. The first-order chi connectivity index (χ1) is 20.9. The van der Waals surface area contributed by atoms with Crippen molar-refractivity contribution in [3.05, 3.63) is 64.1 Å². The Balaban J connectivity index is 0.000000707. The molecule has 3 aromatic carbocycles. The third kappa shape index (κ3) is 8.36. The number of alkyl halides is 6. The van der Waals surface area contributed by atoms with Crippen molar-refractivity contribution in [1.29, 1.82) is 0 Å². The monoisotopic (exact) mass is 707 g/mol. The summed E-state index contributed by atoms with van der Waals surface area (Å²) in [4.78, 5) is 36.8. The molecule has 1 heterocycles. The van der Waals surface area contributed by atoms with Crippen LogP contribution in [0.5, 0.6) is 11.5 Å². The number of hydrogen-bond acceptors (Lipinski definition) is 6. The number of carboxylic acids is 1. The number of ether oxygens (including phenoxy) is 2. The summed E-state index contributed by atoms with van der Waals surface area (Å²) in [5, 5.41) is 14.2. The molecular weight excluding hydrogens is 680 g/mol. The molecule has 0 bridgehead atoms. The molecule has 3 atom stereocenters. The molecule has 0 unspecified atom stereocenters. The van der Waals surface area contributed by atoms with Crippen molar-refractivity contribution in [2.45, 2.75) is 50.9 Å². The van der Waals surface area contributed by atoms with Crippen LogP contribution in [-0.2, 0) is 27.1 Å². The SMILES string of the molecule is CN[C@@H](C)C(=O)N[C@@H]1C(=O)N(Cc2c(OC)ccc3cc(Br)ccc23)c2cc(C(F)(F)F)ccc2O[C@H]1C.O=C(O)C(F)(F)F. The summed E-state index contributed by atoms with van der Waals surface area (Å²) in [6.45, 7) is 3.09. The largest absolute Gasteiger partial charge is 0.496 e. The second kappa shape index (κ2) is 13.9.